The SMILES string of the molecule is CC(C)c1cccc(NC(N)=NCc2ccc(O)c(F)c2)c1. The van der Waals surface area contributed by atoms with Crippen molar-refractivity contribution in [1.29, 1.82) is 0 Å². The van der Waals surface area contributed by atoms with Crippen LogP contribution in [-0.4, -0.2) is 11.1 Å². The van der Waals surface area contributed by atoms with E-state index in [0.29, 0.717) is 11.5 Å². The first-order valence-electron chi connectivity index (χ1n) is 7.10. The highest BCUT2D eigenvalue weighted by molar-refractivity contribution is 5.92. The van der Waals surface area contributed by atoms with Gasteiger partial charge in [0.05, 0.1) is 6.54 Å². The summed E-state index contributed by atoms with van der Waals surface area (Å²) in [6.45, 7) is 4.48. The fourth-order valence-corrected chi connectivity index (χ4v) is 1.99. The van der Waals surface area contributed by atoms with Crippen LogP contribution in [0.15, 0.2) is 47.5 Å². The van der Waals surface area contributed by atoms with Crippen LogP contribution in [0.2, 0.25) is 0 Å². The number of phenolic OH excluding ortho intramolecular Hbond substituents is 1. The van der Waals surface area contributed by atoms with E-state index in [1.54, 1.807) is 6.07 Å². The third-order valence-electron chi connectivity index (χ3n) is 3.27. The van der Waals surface area contributed by atoms with Crippen molar-refractivity contribution in [2.75, 3.05) is 5.32 Å². The predicted octanol–water partition coefficient (Wildman–Crippen LogP) is 3.58. The minimum absolute atomic E-state index is 0.236. The lowest BCUT2D eigenvalue weighted by Crippen LogP contribution is -2.22. The van der Waals surface area contributed by atoms with Crippen LogP contribution < -0.4 is 11.1 Å². The van der Waals surface area contributed by atoms with Crippen molar-refractivity contribution < 1.29 is 9.50 Å². The van der Waals surface area contributed by atoms with Crippen LogP contribution in [0.25, 0.3) is 0 Å². The van der Waals surface area contributed by atoms with Gasteiger partial charge in [0.15, 0.2) is 17.5 Å². The summed E-state index contributed by atoms with van der Waals surface area (Å²) < 4.78 is 13.2. The zero-order valence-electron chi connectivity index (χ0n) is 12.7. The second-order valence-electron chi connectivity index (χ2n) is 5.39. The second-order valence-corrected chi connectivity index (χ2v) is 5.39. The molecule has 0 saturated heterocycles. The minimum atomic E-state index is -0.663. The third kappa shape index (κ3) is 4.22. The molecule has 0 unspecified atom stereocenters. The van der Waals surface area contributed by atoms with Gasteiger partial charge in [0, 0.05) is 5.69 Å². The van der Waals surface area contributed by atoms with Crippen LogP contribution in [0.4, 0.5) is 10.1 Å². The number of phenols is 1. The highest BCUT2D eigenvalue weighted by Crippen LogP contribution is 2.19. The van der Waals surface area contributed by atoms with E-state index in [1.165, 1.54) is 17.7 Å². The molecule has 0 fully saturated rings. The number of guanidine groups is 1. The van der Waals surface area contributed by atoms with Gasteiger partial charge in [-0.05, 0) is 41.3 Å². The molecule has 22 heavy (non-hydrogen) atoms. The molecular formula is C17H20FN3O. The summed E-state index contributed by atoms with van der Waals surface area (Å²) in [4.78, 5) is 4.17. The van der Waals surface area contributed by atoms with Gasteiger partial charge in [-0.2, -0.15) is 0 Å². The first-order valence-corrected chi connectivity index (χ1v) is 7.10. The van der Waals surface area contributed by atoms with Crippen LogP contribution in [0.3, 0.4) is 0 Å². The van der Waals surface area contributed by atoms with Crippen LogP contribution in [0, 0.1) is 5.82 Å². The molecule has 0 radical (unpaired) electrons. The molecule has 116 valence electrons. The molecule has 2 aromatic carbocycles. The molecule has 0 aliphatic carbocycles. The first-order chi connectivity index (χ1) is 10.5. The maximum absolute atomic E-state index is 13.2. The van der Waals surface area contributed by atoms with E-state index in [9.17, 15) is 4.39 Å². The molecule has 0 spiro atoms. The average molecular weight is 301 g/mol. The van der Waals surface area contributed by atoms with Crippen molar-refractivity contribution in [1.82, 2.24) is 0 Å². The molecule has 0 heterocycles. The molecule has 0 atom stereocenters. The van der Waals surface area contributed by atoms with Gasteiger partial charge in [0.2, 0.25) is 0 Å². The number of nitrogens with one attached hydrogen (secondary N) is 1. The smallest absolute Gasteiger partial charge is 0.193 e. The van der Waals surface area contributed by atoms with E-state index in [1.807, 2.05) is 18.2 Å². The third-order valence-corrected chi connectivity index (χ3v) is 3.27. The highest BCUT2D eigenvalue weighted by atomic mass is 19.1. The van der Waals surface area contributed by atoms with Crippen molar-refractivity contribution in [2.45, 2.75) is 26.3 Å². The Bertz CT molecular complexity index is 683. The molecule has 0 saturated carbocycles. The fourth-order valence-electron chi connectivity index (χ4n) is 1.99. The predicted molar refractivity (Wildman–Crippen MR) is 87.5 cm³/mol. The summed E-state index contributed by atoms with van der Waals surface area (Å²) in [7, 11) is 0. The molecule has 5 heteroatoms. The van der Waals surface area contributed by atoms with Gasteiger partial charge >= 0.3 is 0 Å². The summed E-state index contributed by atoms with van der Waals surface area (Å²) >= 11 is 0. The van der Waals surface area contributed by atoms with Crippen molar-refractivity contribution in [3.05, 3.63) is 59.4 Å². The number of anilines is 1. The second kappa shape index (κ2) is 6.93. The maximum Gasteiger partial charge on any atom is 0.193 e. The van der Waals surface area contributed by atoms with Crippen LogP contribution >= 0.6 is 0 Å². The summed E-state index contributed by atoms with van der Waals surface area (Å²) in [5.41, 5.74) is 8.55. The van der Waals surface area contributed by atoms with Gasteiger partial charge < -0.3 is 16.2 Å². The number of hydrogen-bond donors (Lipinski definition) is 3. The van der Waals surface area contributed by atoms with E-state index in [2.05, 4.69) is 30.2 Å². The Balaban J connectivity index is 2.03. The number of nitrogens with two attached hydrogens (primary N) is 1. The fraction of sp³-hybridized carbons (Fsp3) is 0.235. The topological polar surface area (TPSA) is 70.6 Å². The lowest BCUT2D eigenvalue weighted by Gasteiger charge is -2.10. The zero-order valence-corrected chi connectivity index (χ0v) is 12.7. The van der Waals surface area contributed by atoms with Gasteiger partial charge in [0.25, 0.3) is 0 Å². The van der Waals surface area contributed by atoms with Gasteiger partial charge in [-0.25, -0.2) is 9.38 Å². The maximum atomic E-state index is 13.2. The largest absolute Gasteiger partial charge is 0.505 e. The van der Waals surface area contributed by atoms with Crippen molar-refractivity contribution >= 4 is 11.6 Å². The quantitative estimate of drug-likeness (QED) is 0.597. The number of aliphatic imine (C=N–C) groups is 1. The van der Waals surface area contributed by atoms with Crippen LogP contribution in [0.5, 0.6) is 5.75 Å². The van der Waals surface area contributed by atoms with Crippen molar-refractivity contribution in [3.8, 4) is 5.75 Å². The molecule has 0 bridgehead atoms. The molecule has 4 N–H and O–H groups in total. The molecule has 2 aromatic rings. The standard InChI is InChI=1S/C17H20FN3O/c1-11(2)13-4-3-5-14(9-13)21-17(19)20-10-12-6-7-16(22)15(18)8-12/h3-9,11,22H,10H2,1-2H3,(H3,19,20,21). The number of rotatable bonds is 4. The van der Waals surface area contributed by atoms with E-state index in [0.717, 1.165) is 5.69 Å². The van der Waals surface area contributed by atoms with Crippen molar-refractivity contribution in [3.63, 3.8) is 0 Å². The van der Waals surface area contributed by atoms with E-state index in [-0.39, 0.29) is 18.3 Å². The molecule has 0 amide bonds. The van der Waals surface area contributed by atoms with Gasteiger partial charge in [0.1, 0.15) is 0 Å². The highest BCUT2D eigenvalue weighted by Gasteiger charge is 2.03. The van der Waals surface area contributed by atoms with E-state index in [4.69, 9.17) is 10.8 Å². The van der Waals surface area contributed by atoms with Gasteiger partial charge in [-0.1, -0.05) is 32.0 Å². The Hall–Kier alpha value is -2.56. The number of nitrogens with zero attached hydrogens (tertiary/aromatic N) is 1. The molecule has 0 aromatic heterocycles. The molecule has 2 rings (SSSR count). The summed E-state index contributed by atoms with van der Waals surface area (Å²) in [6.07, 6.45) is 0. The number of halogens is 1. The van der Waals surface area contributed by atoms with E-state index < -0.39 is 5.82 Å². The van der Waals surface area contributed by atoms with Gasteiger partial charge in [-0.15, -0.1) is 0 Å². The summed E-state index contributed by atoms with van der Waals surface area (Å²) in [5.74, 6) is -0.345. The molecule has 4 nitrogen and oxygen atoms in total. The molecule has 0 aliphatic heterocycles. The van der Waals surface area contributed by atoms with Crippen LogP contribution in [0.1, 0.15) is 30.9 Å². The average Bonchev–Trinajstić information content (AvgIpc) is 2.49. The Kier molecular flexibility index (Phi) is 4.99. The summed E-state index contributed by atoms with van der Waals surface area (Å²) in [6, 6.07) is 12.1. The number of hydrogen-bond acceptors (Lipinski definition) is 2. The Labute approximate surface area is 129 Å². The monoisotopic (exact) mass is 301 g/mol. The number of benzene rings is 2. The number of aromatic hydroxyl groups is 1. The summed E-state index contributed by atoms with van der Waals surface area (Å²) in [5, 5.41) is 12.2. The van der Waals surface area contributed by atoms with Crippen LogP contribution in [-0.2, 0) is 6.54 Å². The minimum Gasteiger partial charge on any atom is -0.505 e. The van der Waals surface area contributed by atoms with E-state index >= 15 is 0 Å². The zero-order chi connectivity index (χ0) is 16.1. The molecule has 0 aliphatic rings. The first kappa shape index (κ1) is 15.8. The Morgan fingerprint density at radius 3 is 2.73 bits per heavy atom. The van der Waals surface area contributed by atoms with Crippen molar-refractivity contribution in [2.24, 2.45) is 10.7 Å². The Morgan fingerprint density at radius 2 is 2.05 bits per heavy atom. The lowest BCUT2D eigenvalue weighted by atomic mass is 10.0. The lowest BCUT2D eigenvalue weighted by molar-refractivity contribution is 0.432. The molecular weight excluding hydrogens is 281 g/mol. The van der Waals surface area contributed by atoms with Gasteiger partial charge in [-0.3, -0.25) is 0 Å². The Morgan fingerprint density at radius 1 is 1.27 bits per heavy atom. The normalized spacial score (nSPS) is 11.7.